The summed E-state index contributed by atoms with van der Waals surface area (Å²) in [4.78, 5) is 0.106. The fourth-order valence-electron chi connectivity index (χ4n) is 1.87. The van der Waals surface area contributed by atoms with Crippen molar-refractivity contribution in [3.8, 4) is 0 Å². The molecule has 1 aliphatic rings. The summed E-state index contributed by atoms with van der Waals surface area (Å²) in [6.07, 6.45) is 1.36. The Hall–Kier alpha value is -0.780. The Morgan fingerprint density at radius 2 is 2.18 bits per heavy atom. The lowest BCUT2D eigenvalue weighted by molar-refractivity contribution is 0.0991. The molecule has 1 saturated heterocycles. The third-order valence-corrected chi connectivity index (χ3v) is 5.46. The maximum absolute atomic E-state index is 12.3. The predicted molar refractivity (Wildman–Crippen MR) is 66.9 cm³/mol. The van der Waals surface area contributed by atoms with E-state index in [2.05, 4.69) is 0 Å². The Morgan fingerprint density at radius 1 is 1.41 bits per heavy atom. The average Bonchev–Trinajstić information content (AvgIpc) is 2.33. The molecule has 2 N–H and O–H groups in total. The summed E-state index contributed by atoms with van der Waals surface area (Å²) >= 11 is 5.92. The molecule has 0 bridgehead atoms. The molecule has 0 aromatic heterocycles. The van der Waals surface area contributed by atoms with Gasteiger partial charge in [0.1, 0.15) is 0 Å². The highest BCUT2D eigenvalue weighted by Crippen LogP contribution is 2.29. The van der Waals surface area contributed by atoms with Crippen LogP contribution in [0.2, 0.25) is 5.02 Å². The number of rotatable bonds is 2. The van der Waals surface area contributed by atoms with Crippen molar-refractivity contribution in [3.63, 3.8) is 0 Å². The van der Waals surface area contributed by atoms with E-state index in [-0.39, 0.29) is 16.5 Å². The normalized spacial score (nSPS) is 21.4. The number of halogens is 1. The van der Waals surface area contributed by atoms with Crippen LogP contribution >= 0.6 is 11.6 Å². The van der Waals surface area contributed by atoms with Gasteiger partial charge in [-0.2, -0.15) is 0 Å². The quantitative estimate of drug-likeness (QED) is 0.837. The van der Waals surface area contributed by atoms with E-state index in [1.807, 2.05) is 0 Å². The first-order valence-electron chi connectivity index (χ1n) is 5.38. The number of hydrogen-bond acceptors (Lipinski definition) is 4. The first-order valence-corrected chi connectivity index (χ1v) is 7.31. The summed E-state index contributed by atoms with van der Waals surface area (Å²) in [5.74, 6) is 0. The predicted octanol–water partition coefficient (Wildman–Crippen LogP) is 1.87. The Morgan fingerprint density at radius 3 is 2.82 bits per heavy atom. The van der Waals surface area contributed by atoms with E-state index in [1.165, 1.54) is 12.1 Å². The molecular formula is C11H14ClNO3S. The summed E-state index contributed by atoms with van der Waals surface area (Å²) in [5, 5.41) is -0.305. The van der Waals surface area contributed by atoms with Crippen molar-refractivity contribution in [3.05, 3.63) is 23.2 Å². The van der Waals surface area contributed by atoms with E-state index in [4.69, 9.17) is 22.1 Å². The zero-order chi connectivity index (χ0) is 12.5. The Balaban J connectivity index is 2.40. The van der Waals surface area contributed by atoms with Gasteiger partial charge in [-0.3, -0.25) is 0 Å². The van der Waals surface area contributed by atoms with Gasteiger partial charge < -0.3 is 10.5 Å². The number of nitrogen functional groups attached to an aromatic ring is 1. The van der Waals surface area contributed by atoms with Gasteiger partial charge in [-0.1, -0.05) is 11.6 Å². The molecule has 2 rings (SSSR count). The summed E-state index contributed by atoms with van der Waals surface area (Å²) in [7, 11) is -3.45. The van der Waals surface area contributed by atoms with Gasteiger partial charge in [-0.05, 0) is 31.0 Å². The standard InChI is InChI=1S/C11H14ClNO3S/c12-10-4-3-8(13)6-11(10)17(14,15)9-2-1-5-16-7-9/h3-4,6,9H,1-2,5,7,13H2. The highest BCUT2D eigenvalue weighted by molar-refractivity contribution is 7.92. The zero-order valence-electron chi connectivity index (χ0n) is 9.23. The summed E-state index contributed by atoms with van der Waals surface area (Å²) < 4.78 is 29.9. The molecule has 1 fully saturated rings. The van der Waals surface area contributed by atoms with E-state index in [0.717, 1.165) is 6.42 Å². The van der Waals surface area contributed by atoms with Crippen LogP contribution in [-0.2, 0) is 14.6 Å². The van der Waals surface area contributed by atoms with Crippen LogP contribution in [-0.4, -0.2) is 26.9 Å². The number of anilines is 1. The van der Waals surface area contributed by atoms with Gasteiger partial charge in [-0.25, -0.2) is 8.42 Å². The van der Waals surface area contributed by atoms with E-state index >= 15 is 0 Å². The maximum Gasteiger partial charge on any atom is 0.185 e. The first kappa shape index (κ1) is 12.7. The zero-order valence-corrected chi connectivity index (χ0v) is 10.8. The van der Waals surface area contributed by atoms with Crippen molar-refractivity contribution in [2.24, 2.45) is 0 Å². The number of hydrogen-bond donors (Lipinski definition) is 1. The van der Waals surface area contributed by atoms with Crippen molar-refractivity contribution in [1.82, 2.24) is 0 Å². The van der Waals surface area contributed by atoms with E-state index in [0.29, 0.717) is 18.7 Å². The van der Waals surface area contributed by atoms with Crippen LogP contribution < -0.4 is 5.73 Å². The Bertz CT molecular complexity index is 509. The van der Waals surface area contributed by atoms with Crippen LogP contribution in [0.5, 0.6) is 0 Å². The Kier molecular flexibility index (Phi) is 3.61. The average molecular weight is 276 g/mol. The molecule has 6 heteroatoms. The highest BCUT2D eigenvalue weighted by atomic mass is 35.5. The molecule has 0 saturated carbocycles. The molecule has 1 aliphatic heterocycles. The first-order chi connectivity index (χ1) is 8.01. The maximum atomic E-state index is 12.3. The molecule has 0 radical (unpaired) electrons. The minimum atomic E-state index is -3.45. The van der Waals surface area contributed by atoms with Crippen LogP contribution in [0.4, 0.5) is 5.69 Å². The summed E-state index contributed by atoms with van der Waals surface area (Å²) in [6.45, 7) is 0.851. The minimum Gasteiger partial charge on any atom is -0.399 e. The molecule has 17 heavy (non-hydrogen) atoms. The van der Waals surface area contributed by atoms with Crippen molar-refractivity contribution < 1.29 is 13.2 Å². The molecule has 4 nitrogen and oxygen atoms in total. The van der Waals surface area contributed by atoms with Crippen molar-refractivity contribution in [2.45, 2.75) is 23.0 Å². The smallest absolute Gasteiger partial charge is 0.185 e. The van der Waals surface area contributed by atoms with Crippen molar-refractivity contribution >= 4 is 27.1 Å². The molecule has 1 heterocycles. The molecule has 0 amide bonds. The Labute approximate surface area is 106 Å². The number of ether oxygens (including phenoxy) is 1. The second-order valence-corrected chi connectivity index (χ2v) is 6.68. The third kappa shape index (κ3) is 2.56. The lowest BCUT2D eigenvalue weighted by Gasteiger charge is -2.22. The molecule has 0 aliphatic carbocycles. The summed E-state index contributed by atoms with van der Waals surface area (Å²) in [6, 6.07) is 4.50. The van der Waals surface area contributed by atoms with Crippen LogP contribution in [0.3, 0.4) is 0 Å². The second-order valence-electron chi connectivity index (χ2n) is 4.07. The summed E-state index contributed by atoms with van der Waals surface area (Å²) in [5.41, 5.74) is 5.99. The van der Waals surface area contributed by atoms with Gasteiger partial charge >= 0.3 is 0 Å². The van der Waals surface area contributed by atoms with Gasteiger partial charge in [-0.15, -0.1) is 0 Å². The molecule has 0 spiro atoms. The molecule has 1 atom stereocenters. The van der Waals surface area contributed by atoms with Crippen LogP contribution in [0.1, 0.15) is 12.8 Å². The number of benzene rings is 1. The number of nitrogens with two attached hydrogens (primary N) is 1. The van der Waals surface area contributed by atoms with Gasteiger partial charge in [0.25, 0.3) is 0 Å². The van der Waals surface area contributed by atoms with Gasteiger partial charge in [0.05, 0.1) is 21.8 Å². The lowest BCUT2D eigenvalue weighted by Crippen LogP contribution is -2.31. The largest absolute Gasteiger partial charge is 0.399 e. The molecule has 1 aromatic carbocycles. The molecular weight excluding hydrogens is 262 g/mol. The van der Waals surface area contributed by atoms with E-state index in [1.54, 1.807) is 6.07 Å². The number of sulfone groups is 1. The van der Waals surface area contributed by atoms with Gasteiger partial charge in [0, 0.05) is 12.3 Å². The highest BCUT2D eigenvalue weighted by Gasteiger charge is 2.31. The molecule has 1 aromatic rings. The molecule has 94 valence electrons. The second kappa shape index (κ2) is 4.84. The molecule has 1 unspecified atom stereocenters. The topological polar surface area (TPSA) is 69.4 Å². The van der Waals surface area contributed by atoms with Crippen LogP contribution in [0.15, 0.2) is 23.1 Å². The monoisotopic (exact) mass is 275 g/mol. The fraction of sp³-hybridized carbons (Fsp3) is 0.455. The minimum absolute atomic E-state index is 0.106. The van der Waals surface area contributed by atoms with E-state index in [9.17, 15) is 8.42 Å². The fourth-order valence-corrected chi connectivity index (χ4v) is 4.07. The SMILES string of the molecule is Nc1ccc(Cl)c(S(=O)(=O)C2CCCOC2)c1. The van der Waals surface area contributed by atoms with Crippen molar-refractivity contribution in [2.75, 3.05) is 18.9 Å². The van der Waals surface area contributed by atoms with Crippen molar-refractivity contribution in [1.29, 1.82) is 0 Å². The lowest BCUT2D eigenvalue weighted by atomic mass is 10.2. The third-order valence-electron chi connectivity index (χ3n) is 2.82. The van der Waals surface area contributed by atoms with Gasteiger partial charge in [0.2, 0.25) is 0 Å². The van der Waals surface area contributed by atoms with Crippen LogP contribution in [0, 0.1) is 0 Å². The van der Waals surface area contributed by atoms with E-state index < -0.39 is 15.1 Å². The van der Waals surface area contributed by atoms with Gasteiger partial charge in [0.15, 0.2) is 9.84 Å². The van der Waals surface area contributed by atoms with Crippen LogP contribution in [0.25, 0.3) is 0 Å².